The summed E-state index contributed by atoms with van der Waals surface area (Å²) in [6.07, 6.45) is 4.09. The Hall–Kier alpha value is -0.900. The van der Waals surface area contributed by atoms with Gasteiger partial charge >= 0.3 is 0 Å². The first-order valence-corrected chi connectivity index (χ1v) is 6.02. The first-order chi connectivity index (χ1) is 7.43. The van der Waals surface area contributed by atoms with Crippen molar-refractivity contribution >= 4 is 0 Å². The Bertz CT molecular complexity index is 311. The molecule has 1 heterocycles. The third-order valence-corrected chi connectivity index (χ3v) is 2.75. The van der Waals surface area contributed by atoms with Gasteiger partial charge in [0.15, 0.2) is 0 Å². The summed E-state index contributed by atoms with van der Waals surface area (Å²) in [5.41, 5.74) is 1.30. The van der Waals surface area contributed by atoms with E-state index in [1.54, 1.807) is 4.68 Å². The molecular weight excluding hydrogens is 200 g/mol. The molecule has 4 nitrogen and oxygen atoms in total. The number of aromatic nitrogens is 3. The minimum Gasteiger partial charge on any atom is -0.313 e. The van der Waals surface area contributed by atoms with Crippen LogP contribution in [0.5, 0.6) is 0 Å². The molecule has 1 atom stereocenters. The molecule has 0 radical (unpaired) electrons. The highest BCUT2D eigenvalue weighted by molar-refractivity contribution is 4.98. The Morgan fingerprint density at radius 2 is 2.12 bits per heavy atom. The normalized spacial score (nSPS) is 14.1. The number of hydrogen-bond donors (Lipinski definition) is 1. The topological polar surface area (TPSA) is 42.7 Å². The molecule has 0 aromatic carbocycles. The van der Waals surface area contributed by atoms with Gasteiger partial charge in [-0.05, 0) is 18.4 Å². The monoisotopic (exact) mass is 224 g/mol. The predicted molar refractivity (Wildman–Crippen MR) is 66.2 cm³/mol. The quantitative estimate of drug-likeness (QED) is 0.829. The predicted octanol–water partition coefficient (Wildman–Crippen LogP) is 1.77. The van der Waals surface area contributed by atoms with E-state index in [1.807, 2.05) is 13.2 Å². The van der Waals surface area contributed by atoms with Gasteiger partial charge in [0.25, 0.3) is 0 Å². The van der Waals surface area contributed by atoms with E-state index in [0.717, 1.165) is 25.1 Å². The van der Waals surface area contributed by atoms with Crippen LogP contribution in [0.1, 0.15) is 39.8 Å². The molecule has 0 aliphatic heterocycles. The molecular formula is C12H24N4. The van der Waals surface area contributed by atoms with Crippen LogP contribution in [0.3, 0.4) is 0 Å². The van der Waals surface area contributed by atoms with E-state index in [0.29, 0.717) is 6.04 Å². The van der Waals surface area contributed by atoms with Crippen LogP contribution in [0, 0.1) is 5.41 Å². The molecule has 1 aromatic heterocycles. The van der Waals surface area contributed by atoms with Gasteiger partial charge in [-0.2, -0.15) is 0 Å². The van der Waals surface area contributed by atoms with Crippen molar-refractivity contribution in [2.24, 2.45) is 12.5 Å². The largest absolute Gasteiger partial charge is 0.313 e. The standard InChI is InChI=1S/C12H24N4/c1-6-7-13-11(12(2,3)4)8-10-9-16(5)15-14-10/h9,11,13H,6-8H2,1-5H3. The minimum atomic E-state index is 0.243. The fourth-order valence-corrected chi connectivity index (χ4v) is 1.70. The zero-order valence-corrected chi connectivity index (χ0v) is 11.1. The van der Waals surface area contributed by atoms with Crippen LogP contribution >= 0.6 is 0 Å². The zero-order chi connectivity index (χ0) is 12.2. The minimum absolute atomic E-state index is 0.243. The molecule has 1 aromatic rings. The number of rotatable bonds is 5. The van der Waals surface area contributed by atoms with Gasteiger partial charge in [0.05, 0.1) is 5.69 Å². The second-order valence-corrected chi connectivity index (χ2v) is 5.46. The molecule has 1 unspecified atom stereocenters. The van der Waals surface area contributed by atoms with Gasteiger partial charge in [0.2, 0.25) is 0 Å². The first kappa shape index (κ1) is 13.2. The van der Waals surface area contributed by atoms with E-state index in [1.165, 1.54) is 0 Å². The molecule has 0 bridgehead atoms. The maximum atomic E-state index is 4.15. The summed E-state index contributed by atoms with van der Waals surface area (Å²) in [5.74, 6) is 0. The smallest absolute Gasteiger partial charge is 0.0842 e. The number of hydrogen-bond acceptors (Lipinski definition) is 3. The van der Waals surface area contributed by atoms with Crippen molar-refractivity contribution in [3.63, 3.8) is 0 Å². The number of nitrogens with zero attached hydrogens (tertiary/aromatic N) is 3. The van der Waals surface area contributed by atoms with Crippen molar-refractivity contribution < 1.29 is 0 Å². The lowest BCUT2D eigenvalue weighted by Gasteiger charge is -2.31. The van der Waals surface area contributed by atoms with E-state index >= 15 is 0 Å². The second kappa shape index (κ2) is 5.43. The zero-order valence-electron chi connectivity index (χ0n) is 11.1. The third-order valence-electron chi connectivity index (χ3n) is 2.75. The second-order valence-electron chi connectivity index (χ2n) is 5.46. The molecule has 0 spiro atoms. The highest BCUT2D eigenvalue weighted by Crippen LogP contribution is 2.21. The molecule has 0 aliphatic carbocycles. The summed E-state index contributed by atoms with van der Waals surface area (Å²) in [4.78, 5) is 0. The molecule has 0 aliphatic rings. The van der Waals surface area contributed by atoms with Crippen LogP contribution in [0.2, 0.25) is 0 Å². The van der Waals surface area contributed by atoms with E-state index in [2.05, 4.69) is 43.3 Å². The van der Waals surface area contributed by atoms with Crippen LogP contribution in [-0.4, -0.2) is 27.6 Å². The summed E-state index contributed by atoms with van der Waals surface area (Å²) in [6.45, 7) is 10.0. The van der Waals surface area contributed by atoms with E-state index < -0.39 is 0 Å². The molecule has 1 N–H and O–H groups in total. The lowest BCUT2D eigenvalue weighted by atomic mass is 9.84. The number of nitrogens with one attached hydrogen (secondary N) is 1. The maximum Gasteiger partial charge on any atom is 0.0842 e. The van der Waals surface area contributed by atoms with Gasteiger partial charge in [-0.3, -0.25) is 4.68 Å². The van der Waals surface area contributed by atoms with Gasteiger partial charge in [-0.15, -0.1) is 5.10 Å². The van der Waals surface area contributed by atoms with Crippen LogP contribution in [0.15, 0.2) is 6.20 Å². The van der Waals surface area contributed by atoms with Crippen molar-refractivity contribution in [1.29, 1.82) is 0 Å². The van der Waals surface area contributed by atoms with Crippen molar-refractivity contribution in [2.45, 2.75) is 46.6 Å². The summed E-state index contributed by atoms with van der Waals surface area (Å²) in [6, 6.07) is 0.448. The molecule has 92 valence electrons. The average Bonchev–Trinajstić information content (AvgIpc) is 2.57. The summed E-state index contributed by atoms with van der Waals surface area (Å²) in [5, 5.41) is 11.7. The van der Waals surface area contributed by atoms with Gasteiger partial charge < -0.3 is 5.32 Å². The summed E-state index contributed by atoms with van der Waals surface area (Å²) >= 11 is 0. The van der Waals surface area contributed by atoms with Gasteiger partial charge in [0.1, 0.15) is 0 Å². The fraction of sp³-hybridized carbons (Fsp3) is 0.833. The molecule has 16 heavy (non-hydrogen) atoms. The summed E-state index contributed by atoms with van der Waals surface area (Å²) in [7, 11) is 1.90. The molecule has 0 fully saturated rings. The Kier molecular flexibility index (Phi) is 4.47. The Balaban J connectivity index is 2.63. The third kappa shape index (κ3) is 3.93. The van der Waals surface area contributed by atoms with Crippen LogP contribution < -0.4 is 5.32 Å². The first-order valence-electron chi connectivity index (χ1n) is 6.02. The van der Waals surface area contributed by atoms with Crippen LogP contribution in [0.25, 0.3) is 0 Å². The molecule has 0 saturated carbocycles. The van der Waals surface area contributed by atoms with Crippen molar-refractivity contribution in [1.82, 2.24) is 20.3 Å². The number of aryl methyl sites for hydroxylation is 1. The Labute approximate surface area is 98.4 Å². The van der Waals surface area contributed by atoms with Crippen LogP contribution in [-0.2, 0) is 13.5 Å². The lowest BCUT2D eigenvalue weighted by molar-refractivity contribution is 0.265. The molecule has 0 amide bonds. The molecule has 4 heteroatoms. The van der Waals surface area contributed by atoms with Crippen LogP contribution in [0.4, 0.5) is 0 Å². The van der Waals surface area contributed by atoms with E-state index in [9.17, 15) is 0 Å². The summed E-state index contributed by atoms with van der Waals surface area (Å²) < 4.78 is 1.76. The van der Waals surface area contributed by atoms with Gasteiger partial charge in [-0.1, -0.05) is 32.9 Å². The van der Waals surface area contributed by atoms with E-state index in [-0.39, 0.29) is 5.41 Å². The van der Waals surface area contributed by atoms with Crippen molar-refractivity contribution in [2.75, 3.05) is 6.54 Å². The highest BCUT2D eigenvalue weighted by atomic mass is 15.4. The average molecular weight is 224 g/mol. The Morgan fingerprint density at radius 1 is 1.44 bits per heavy atom. The Morgan fingerprint density at radius 3 is 2.56 bits per heavy atom. The lowest BCUT2D eigenvalue weighted by Crippen LogP contribution is -2.42. The van der Waals surface area contributed by atoms with Crippen molar-refractivity contribution in [3.8, 4) is 0 Å². The highest BCUT2D eigenvalue weighted by Gasteiger charge is 2.24. The molecule has 0 saturated heterocycles. The van der Waals surface area contributed by atoms with Gasteiger partial charge in [0, 0.05) is 25.7 Å². The molecule has 1 rings (SSSR count). The SMILES string of the molecule is CCCNC(Cc1cn(C)nn1)C(C)(C)C. The van der Waals surface area contributed by atoms with Crippen molar-refractivity contribution in [3.05, 3.63) is 11.9 Å². The maximum absolute atomic E-state index is 4.15. The van der Waals surface area contributed by atoms with Gasteiger partial charge in [-0.25, -0.2) is 0 Å². The fourth-order valence-electron chi connectivity index (χ4n) is 1.70. The van der Waals surface area contributed by atoms with E-state index in [4.69, 9.17) is 0 Å².